The number of ether oxygens (including phenoxy) is 2. The standard InChI is InChI=1S/C19H25N5O4/c1-19(2,3)28-17(25)23-8-4-5-13-9-15(7-6-14(13)11-23)24-12-16(10-21-22-20)27-18(24)26/h6-7,9,16H,4-5,8,10-12H2,1-3H3/t16-/m0/s1. The third-order valence-corrected chi connectivity index (χ3v) is 4.61. The van der Waals surface area contributed by atoms with Crippen LogP contribution in [0.25, 0.3) is 10.4 Å². The molecule has 9 heteroatoms. The van der Waals surface area contributed by atoms with Crippen LogP contribution in [0.3, 0.4) is 0 Å². The zero-order chi connectivity index (χ0) is 20.3. The fraction of sp³-hybridized carbons (Fsp3) is 0.579. The molecule has 28 heavy (non-hydrogen) atoms. The van der Waals surface area contributed by atoms with E-state index in [9.17, 15) is 9.59 Å². The highest BCUT2D eigenvalue weighted by Crippen LogP contribution is 2.28. The third kappa shape index (κ3) is 4.67. The summed E-state index contributed by atoms with van der Waals surface area (Å²) in [6.07, 6.45) is 0.438. The van der Waals surface area contributed by atoms with Crippen molar-refractivity contribution >= 4 is 17.9 Å². The van der Waals surface area contributed by atoms with Gasteiger partial charge in [-0.3, -0.25) is 4.90 Å². The fourth-order valence-electron chi connectivity index (χ4n) is 3.35. The number of hydrogen-bond donors (Lipinski definition) is 0. The Bertz CT molecular complexity index is 813. The van der Waals surface area contributed by atoms with Gasteiger partial charge in [0.15, 0.2) is 0 Å². The molecule has 2 heterocycles. The van der Waals surface area contributed by atoms with Gasteiger partial charge in [-0.2, -0.15) is 0 Å². The molecule has 9 nitrogen and oxygen atoms in total. The molecule has 2 amide bonds. The number of cyclic esters (lactones) is 1. The van der Waals surface area contributed by atoms with Crippen molar-refractivity contribution in [3.05, 3.63) is 39.8 Å². The smallest absolute Gasteiger partial charge is 0.414 e. The molecule has 0 aromatic heterocycles. The van der Waals surface area contributed by atoms with Gasteiger partial charge in [-0.1, -0.05) is 11.2 Å². The zero-order valence-corrected chi connectivity index (χ0v) is 16.4. The van der Waals surface area contributed by atoms with E-state index in [4.69, 9.17) is 15.0 Å². The van der Waals surface area contributed by atoms with Gasteiger partial charge in [0.05, 0.1) is 13.1 Å². The Balaban J connectivity index is 1.73. The van der Waals surface area contributed by atoms with Crippen LogP contribution in [0, 0.1) is 0 Å². The van der Waals surface area contributed by atoms with Gasteiger partial charge in [-0.15, -0.1) is 0 Å². The lowest BCUT2D eigenvalue weighted by atomic mass is 10.0. The maximum Gasteiger partial charge on any atom is 0.414 e. The van der Waals surface area contributed by atoms with Gasteiger partial charge < -0.3 is 14.4 Å². The van der Waals surface area contributed by atoms with Crippen LogP contribution in [0.4, 0.5) is 15.3 Å². The second-order valence-electron chi connectivity index (χ2n) is 7.99. The van der Waals surface area contributed by atoms with Crippen LogP contribution in [0.1, 0.15) is 38.3 Å². The number of fused-ring (bicyclic) bond motifs is 1. The monoisotopic (exact) mass is 387 g/mol. The largest absolute Gasteiger partial charge is 0.444 e. The second-order valence-corrected chi connectivity index (χ2v) is 7.99. The van der Waals surface area contributed by atoms with Crippen molar-refractivity contribution in [2.75, 3.05) is 24.5 Å². The summed E-state index contributed by atoms with van der Waals surface area (Å²) in [5.74, 6) is 0. The molecule has 0 saturated carbocycles. The number of rotatable bonds is 3. The minimum Gasteiger partial charge on any atom is -0.444 e. The summed E-state index contributed by atoms with van der Waals surface area (Å²) in [5, 5.41) is 3.48. The van der Waals surface area contributed by atoms with Crippen molar-refractivity contribution < 1.29 is 19.1 Å². The summed E-state index contributed by atoms with van der Waals surface area (Å²) < 4.78 is 10.7. The summed E-state index contributed by atoms with van der Waals surface area (Å²) in [7, 11) is 0. The quantitative estimate of drug-likeness (QED) is 0.443. The Labute approximate surface area is 163 Å². The van der Waals surface area contributed by atoms with Crippen molar-refractivity contribution in [1.82, 2.24) is 4.90 Å². The van der Waals surface area contributed by atoms with E-state index in [0.717, 1.165) is 29.7 Å². The van der Waals surface area contributed by atoms with Gasteiger partial charge >= 0.3 is 12.2 Å². The second kappa shape index (κ2) is 7.98. The molecular formula is C19H25N5O4. The maximum atomic E-state index is 12.4. The molecule has 0 unspecified atom stereocenters. The lowest BCUT2D eigenvalue weighted by molar-refractivity contribution is 0.0236. The minimum absolute atomic E-state index is 0.120. The number of nitrogens with zero attached hydrogens (tertiary/aromatic N) is 5. The number of hydrogen-bond acceptors (Lipinski definition) is 5. The molecule has 0 radical (unpaired) electrons. The number of amides is 2. The number of benzene rings is 1. The first kappa shape index (κ1) is 19.8. The summed E-state index contributed by atoms with van der Waals surface area (Å²) in [5.41, 5.74) is 10.8. The molecule has 1 atom stereocenters. The molecular weight excluding hydrogens is 362 g/mol. The Morgan fingerprint density at radius 2 is 2.18 bits per heavy atom. The Morgan fingerprint density at radius 3 is 2.89 bits per heavy atom. The number of aryl methyl sites for hydroxylation is 1. The van der Waals surface area contributed by atoms with Crippen LogP contribution in [0.2, 0.25) is 0 Å². The summed E-state index contributed by atoms with van der Waals surface area (Å²) >= 11 is 0. The van der Waals surface area contributed by atoms with Crippen molar-refractivity contribution in [2.24, 2.45) is 5.11 Å². The molecule has 0 spiro atoms. The van der Waals surface area contributed by atoms with Gasteiger partial charge in [0.2, 0.25) is 0 Å². The number of carbonyl (C=O) groups is 2. The Morgan fingerprint density at radius 1 is 1.39 bits per heavy atom. The van der Waals surface area contributed by atoms with Gasteiger partial charge in [0.1, 0.15) is 11.7 Å². The summed E-state index contributed by atoms with van der Waals surface area (Å²) in [6.45, 7) is 7.14. The molecule has 150 valence electrons. The van der Waals surface area contributed by atoms with E-state index >= 15 is 0 Å². The maximum absolute atomic E-state index is 12.4. The van der Waals surface area contributed by atoms with Crippen LogP contribution < -0.4 is 4.90 Å². The van der Waals surface area contributed by atoms with Crippen LogP contribution in [0.15, 0.2) is 23.3 Å². The minimum atomic E-state index is -0.529. The summed E-state index contributed by atoms with van der Waals surface area (Å²) in [6, 6.07) is 5.78. The van der Waals surface area contributed by atoms with E-state index in [1.165, 1.54) is 0 Å². The molecule has 3 rings (SSSR count). The molecule has 0 bridgehead atoms. The van der Waals surface area contributed by atoms with E-state index in [0.29, 0.717) is 19.6 Å². The van der Waals surface area contributed by atoms with Crippen LogP contribution in [0.5, 0.6) is 0 Å². The normalized spacial score (nSPS) is 19.4. The van der Waals surface area contributed by atoms with Crippen molar-refractivity contribution in [3.63, 3.8) is 0 Å². The molecule has 0 N–H and O–H groups in total. The van der Waals surface area contributed by atoms with E-state index in [1.807, 2.05) is 39.0 Å². The molecule has 1 aromatic carbocycles. The highest BCUT2D eigenvalue weighted by atomic mass is 16.6. The Kier molecular flexibility index (Phi) is 5.65. The molecule has 1 saturated heterocycles. The van der Waals surface area contributed by atoms with Crippen molar-refractivity contribution in [2.45, 2.75) is 51.9 Å². The Hall–Kier alpha value is -2.93. The average molecular weight is 387 g/mol. The molecule has 0 aliphatic carbocycles. The van der Waals surface area contributed by atoms with Crippen LogP contribution in [-0.4, -0.2) is 48.4 Å². The highest BCUT2D eigenvalue weighted by molar-refractivity contribution is 5.90. The first-order valence-corrected chi connectivity index (χ1v) is 9.35. The number of anilines is 1. The van der Waals surface area contributed by atoms with E-state index in [2.05, 4.69) is 10.0 Å². The first-order valence-electron chi connectivity index (χ1n) is 9.35. The SMILES string of the molecule is CC(C)(C)OC(=O)N1CCCc2cc(N3C[C@H](CN=[N+]=[N-])OC3=O)ccc2C1. The summed E-state index contributed by atoms with van der Waals surface area (Å²) in [4.78, 5) is 30.6. The van der Waals surface area contributed by atoms with Gasteiger partial charge in [-0.05, 0) is 62.4 Å². The zero-order valence-electron chi connectivity index (χ0n) is 16.4. The number of carbonyl (C=O) groups excluding carboxylic acids is 2. The molecule has 2 aliphatic heterocycles. The third-order valence-electron chi connectivity index (χ3n) is 4.61. The van der Waals surface area contributed by atoms with Gasteiger partial charge in [0.25, 0.3) is 0 Å². The van der Waals surface area contributed by atoms with E-state index in [1.54, 1.807) is 9.80 Å². The van der Waals surface area contributed by atoms with Gasteiger partial charge in [-0.25, -0.2) is 9.59 Å². The lowest BCUT2D eigenvalue weighted by Gasteiger charge is -2.26. The number of azide groups is 1. The molecule has 1 fully saturated rings. The first-order chi connectivity index (χ1) is 13.3. The van der Waals surface area contributed by atoms with E-state index < -0.39 is 17.8 Å². The van der Waals surface area contributed by atoms with Crippen molar-refractivity contribution in [1.29, 1.82) is 0 Å². The average Bonchev–Trinajstić information content (AvgIpc) is 2.85. The van der Waals surface area contributed by atoms with Crippen LogP contribution in [-0.2, 0) is 22.4 Å². The van der Waals surface area contributed by atoms with E-state index in [-0.39, 0.29) is 12.6 Å². The predicted octanol–water partition coefficient (Wildman–Crippen LogP) is 4.01. The van der Waals surface area contributed by atoms with Crippen molar-refractivity contribution in [3.8, 4) is 0 Å². The van der Waals surface area contributed by atoms with Crippen LogP contribution >= 0.6 is 0 Å². The topological polar surface area (TPSA) is 108 Å². The fourth-order valence-corrected chi connectivity index (χ4v) is 3.35. The van der Waals surface area contributed by atoms with Gasteiger partial charge in [0, 0.05) is 23.7 Å². The highest BCUT2D eigenvalue weighted by Gasteiger charge is 2.32. The predicted molar refractivity (Wildman–Crippen MR) is 103 cm³/mol. The molecule has 1 aromatic rings. The lowest BCUT2D eigenvalue weighted by Crippen LogP contribution is -2.36. The molecule has 2 aliphatic rings.